The molecular formula is C5H5F3O6S. The number of esters is 1. The van der Waals surface area contributed by atoms with E-state index in [-0.39, 0.29) is 0 Å². The number of ether oxygens (including phenoxy) is 2. The van der Waals surface area contributed by atoms with Gasteiger partial charge in [-0.25, -0.2) is 8.98 Å². The van der Waals surface area contributed by atoms with Crippen LogP contribution in [0, 0.1) is 0 Å². The second kappa shape index (κ2) is 3.32. The predicted octanol–water partition coefficient (Wildman–Crippen LogP) is -0.248. The molecule has 1 aliphatic rings. The van der Waals surface area contributed by atoms with E-state index in [1.807, 2.05) is 0 Å². The Kier molecular flexibility index (Phi) is 2.70. The first kappa shape index (κ1) is 12.2. The van der Waals surface area contributed by atoms with Gasteiger partial charge in [-0.3, -0.25) is 0 Å². The Morgan fingerprint density at radius 3 is 2.20 bits per heavy atom. The van der Waals surface area contributed by atoms with Crippen LogP contribution in [0.1, 0.15) is 0 Å². The molecule has 0 aromatic rings. The van der Waals surface area contributed by atoms with Gasteiger partial charge in [-0.15, -0.1) is 0 Å². The van der Waals surface area contributed by atoms with Gasteiger partial charge in [0.25, 0.3) is 0 Å². The highest BCUT2D eigenvalue weighted by Gasteiger charge is 2.63. The number of alkyl halides is 3. The van der Waals surface area contributed by atoms with E-state index in [1.54, 1.807) is 0 Å². The molecule has 0 N–H and O–H groups in total. The van der Waals surface area contributed by atoms with E-state index in [9.17, 15) is 26.4 Å². The third-order valence-corrected chi connectivity index (χ3v) is 2.49. The van der Waals surface area contributed by atoms with Crippen molar-refractivity contribution in [2.75, 3.05) is 13.7 Å². The molecular weight excluding hydrogens is 245 g/mol. The van der Waals surface area contributed by atoms with Gasteiger partial charge in [-0.1, -0.05) is 0 Å². The van der Waals surface area contributed by atoms with Gasteiger partial charge >= 0.3 is 27.4 Å². The van der Waals surface area contributed by atoms with Gasteiger partial charge in [0.1, 0.15) is 6.61 Å². The van der Waals surface area contributed by atoms with Crippen LogP contribution in [-0.4, -0.2) is 39.4 Å². The van der Waals surface area contributed by atoms with Gasteiger partial charge in [0.15, 0.2) is 0 Å². The lowest BCUT2D eigenvalue weighted by atomic mass is 10.4. The number of epoxide rings is 1. The molecule has 0 aliphatic carbocycles. The monoisotopic (exact) mass is 250 g/mol. The summed E-state index contributed by atoms with van der Waals surface area (Å²) in [7, 11) is -5.02. The van der Waals surface area contributed by atoms with Crippen LogP contribution >= 0.6 is 0 Å². The van der Waals surface area contributed by atoms with Crippen molar-refractivity contribution in [3.8, 4) is 0 Å². The van der Waals surface area contributed by atoms with Gasteiger partial charge in [-0.2, -0.15) is 21.6 Å². The van der Waals surface area contributed by atoms with E-state index in [1.165, 1.54) is 0 Å². The highest BCUT2D eigenvalue weighted by Crippen LogP contribution is 2.36. The number of methoxy groups -OCH3 is 1. The second-order valence-corrected chi connectivity index (χ2v) is 4.05. The maximum atomic E-state index is 11.8. The molecule has 1 fully saturated rings. The van der Waals surface area contributed by atoms with Crippen LogP contribution in [0.3, 0.4) is 0 Å². The lowest BCUT2D eigenvalue weighted by Crippen LogP contribution is -2.37. The summed E-state index contributed by atoms with van der Waals surface area (Å²) < 4.78 is 68.3. The first-order chi connectivity index (χ1) is 6.65. The van der Waals surface area contributed by atoms with Crippen LogP contribution in [0.25, 0.3) is 0 Å². The van der Waals surface area contributed by atoms with Crippen molar-refractivity contribution >= 4 is 16.1 Å². The molecule has 1 saturated heterocycles. The smallest absolute Gasteiger partial charge is 0.465 e. The van der Waals surface area contributed by atoms with Crippen LogP contribution in [0.2, 0.25) is 0 Å². The van der Waals surface area contributed by atoms with E-state index in [2.05, 4.69) is 13.7 Å². The molecule has 0 unspecified atom stereocenters. The molecule has 10 heteroatoms. The highest BCUT2D eigenvalue weighted by atomic mass is 32.2. The SMILES string of the molecule is COC(=O)[C@@]1(OS(=O)(=O)C(F)(F)F)CO1. The summed E-state index contributed by atoms with van der Waals surface area (Å²) in [4.78, 5) is 10.8. The third kappa shape index (κ3) is 2.21. The maximum absolute atomic E-state index is 11.8. The van der Waals surface area contributed by atoms with Gasteiger partial charge in [0.05, 0.1) is 7.11 Å². The Balaban J connectivity index is 2.84. The summed E-state index contributed by atoms with van der Waals surface area (Å²) in [5, 5.41) is 0. The fraction of sp³-hybridized carbons (Fsp3) is 0.800. The normalized spacial score (nSPS) is 26.1. The van der Waals surface area contributed by atoms with Crippen LogP contribution in [-0.2, 0) is 28.6 Å². The van der Waals surface area contributed by atoms with Gasteiger partial charge in [-0.05, 0) is 0 Å². The fourth-order valence-electron chi connectivity index (χ4n) is 0.645. The van der Waals surface area contributed by atoms with Gasteiger partial charge in [0, 0.05) is 0 Å². The zero-order valence-electron chi connectivity index (χ0n) is 7.20. The van der Waals surface area contributed by atoms with Gasteiger partial charge < -0.3 is 9.47 Å². The molecule has 0 bridgehead atoms. The number of rotatable bonds is 3. The average Bonchev–Trinajstić information content (AvgIpc) is 2.81. The molecule has 1 rings (SSSR count). The number of carbonyl (C=O) groups is 1. The largest absolute Gasteiger partial charge is 0.523 e. The van der Waals surface area contributed by atoms with Gasteiger partial charge in [0.2, 0.25) is 0 Å². The van der Waals surface area contributed by atoms with E-state index < -0.39 is 34.0 Å². The lowest BCUT2D eigenvalue weighted by molar-refractivity contribution is -0.159. The average molecular weight is 250 g/mol. The summed E-state index contributed by atoms with van der Waals surface area (Å²) in [6.45, 7) is -0.602. The minimum atomic E-state index is -5.87. The van der Waals surface area contributed by atoms with E-state index in [0.717, 1.165) is 7.11 Å². The Hall–Kier alpha value is -0.870. The Bertz CT molecular complexity index is 367. The fourth-order valence-corrected chi connectivity index (χ4v) is 1.26. The molecule has 88 valence electrons. The van der Waals surface area contributed by atoms with Crippen molar-refractivity contribution in [2.24, 2.45) is 0 Å². The van der Waals surface area contributed by atoms with Crippen LogP contribution in [0.5, 0.6) is 0 Å². The number of hydrogen-bond donors (Lipinski definition) is 0. The minimum Gasteiger partial charge on any atom is -0.465 e. The number of halogens is 3. The topological polar surface area (TPSA) is 82.2 Å². The first-order valence-corrected chi connectivity index (χ1v) is 4.80. The molecule has 0 aromatic heterocycles. The van der Waals surface area contributed by atoms with E-state index >= 15 is 0 Å². The molecule has 1 atom stereocenters. The standard InChI is InChI=1S/C5H5F3O6S/c1-12-3(9)4(2-13-4)14-15(10,11)5(6,7)8/h2H2,1H3/t4-/m0/s1. The molecule has 0 radical (unpaired) electrons. The Labute approximate surface area is 82.0 Å². The van der Waals surface area contributed by atoms with Crippen molar-refractivity contribution in [2.45, 2.75) is 11.3 Å². The van der Waals surface area contributed by atoms with Crippen LogP contribution < -0.4 is 0 Å². The van der Waals surface area contributed by atoms with Crippen molar-refractivity contribution in [1.29, 1.82) is 0 Å². The quantitative estimate of drug-likeness (QED) is 0.297. The van der Waals surface area contributed by atoms with Crippen LogP contribution in [0.15, 0.2) is 0 Å². The number of carbonyl (C=O) groups excluding carboxylic acids is 1. The van der Waals surface area contributed by atoms with Crippen molar-refractivity contribution in [1.82, 2.24) is 0 Å². The summed E-state index contributed by atoms with van der Waals surface area (Å²) in [6, 6.07) is 0. The third-order valence-electron chi connectivity index (χ3n) is 1.43. The van der Waals surface area contributed by atoms with Crippen molar-refractivity contribution < 1.29 is 40.0 Å². The summed E-state index contributed by atoms with van der Waals surface area (Å²) in [5.41, 5.74) is -5.61. The summed E-state index contributed by atoms with van der Waals surface area (Å²) >= 11 is 0. The zero-order chi connectivity index (χ0) is 11.9. The molecule has 0 amide bonds. The van der Waals surface area contributed by atoms with Crippen molar-refractivity contribution in [3.63, 3.8) is 0 Å². The maximum Gasteiger partial charge on any atom is 0.523 e. The predicted molar refractivity (Wildman–Crippen MR) is 36.8 cm³/mol. The van der Waals surface area contributed by atoms with E-state index in [0.29, 0.717) is 0 Å². The highest BCUT2D eigenvalue weighted by molar-refractivity contribution is 7.87. The minimum absolute atomic E-state index is 0.602. The molecule has 15 heavy (non-hydrogen) atoms. The Morgan fingerprint density at radius 1 is 1.47 bits per heavy atom. The zero-order valence-corrected chi connectivity index (χ0v) is 8.02. The molecule has 1 heterocycles. The molecule has 0 saturated carbocycles. The van der Waals surface area contributed by atoms with E-state index in [4.69, 9.17) is 0 Å². The number of hydrogen-bond acceptors (Lipinski definition) is 6. The molecule has 6 nitrogen and oxygen atoms in total. The lowest BCUT2D eigenvalue weighted by Gasteiger charge is -2.12. The summed E-state index contributed by atoms with van der Waals surface area (Å²) in [5.74, 6) is -3.81. The van der Waals surface area contributed by atoms with Crippen molar-refractivity contribution in [3.05, 3.63) is 0 Å². The van der Waals surface area contributed by atoms with Crippen LogP contribution in [0.4, 0.5) is 13.2 Å². The molecule has 0 spiro atoms. The summed E-state index contributed by atoms with van der Waals surface area (Å²) in [6.07, 6.45) is 0. The first-order valence-electron chi connectivity index (χ1n) is 3.39. The molecule has 0 aromatic carbocycles. The molecule has 1 aliphatic heterocycles. The second-order valence-electron chi connectivity index (χ2n) is 2.52. The Morgan fingerprint density at radius 2 is 1.93 bits per heavy atom.